The van der Waals surface area contributed by atoms with Gasteiger partial charge in [-0.3, -0.25) is 0 Å². The van der Waals surface area contributed by atoms with Crippen molar-refractivity contribution < 1.29 is 13.2 Å². The molecule has 1 aromatic carbocycles. The van der Waals surface area contributed by atoms with Crippen LogP contribution in [0.4, 0.5) is 18.9 Å². The maximum atomic E-state index is 12.9. The molecule has 0 radical (unpaired) electrons. The van der Waals surface area contributed by atoms with Crippen LogP contribution in [-0.4, -0.2) is 6.04 Å². The Morgan fingerprint density at radius 2 is 1.85 bits per heavy atom. The highest BCUT2D eigenvalue weighted by molar-refractivity contribution is 5.50. The van der Waals surface area contributed by atoms with E-state index in [1.165, 1.54) is 19.4 Å². The minimum atomic E-state index is -4.28. The summed E-state index contributed by atoms with van der Waals surface area (Å²) in [6.45, 7) is 5.87. The minimum absolute atomic E-state index is 0.266. The fraction of sp³-hybridized carbons (Fsp3) is 0.625. The van der Waals surface area contributed by atoms with Crippen LogP contribution in [0.1, 0.15) is 44.2 Å². The normalized spacial score (nSPS) is 27.4. The third kappa shape index (κ3) is 3.47. The molecule has 0 aliphatic heterocycles. The first-order chi connectivity index (χ1) is 9.27. The summed E-state index contributed by atoms with van der Waals surface area (Å²) < 4.78 is 38.8. The molecule has 0 bridgehead atoms. The molecule has 4 heteroatoms. The Balaban J connectivity index is 2.17. The van der Waals surface area contributed by atoms with Crippen LogP contribution in [0.25, 0.3) is 0 Å². The van der Waals surface area contributed by atoms with Crippen molar-refractivity contribution in [3.8, 4) is 0 Å². The molecule has 3 atom stereocenters. The molecular formula is C16H22F3N. The number of hydrogen-bond acceptors (Lipinski definition) is 1. The van der Waals surface area contributed by atoms with Crippen LogP contribution in [-0.2, 0) is 6.18 Å². The summed E-state index contributed by atoms with van der Waals surface area (Å²) in [7, 11) is 0. The molecule has 1 nitrogen and oxygen atoms in total. The number of halogens is 3. The van der Waals surface area contributed by atoms with Crippen molar-refractivity contribution in [1.82, 2.24) is 0 Å². The molecule has 1 aromatic rings. The monoisotopic (exact) mass is 285 g/mol. The second kappa shape index (κ2) is 5.66. The van der Waals surface area contributed by atoms with E-state index in [2.05, 4.69) is 19.2 Å². The Hall–Kier alpha value is -1.19. The van der Waals surface area contributed by atoms with Gasteiger partial charge in [-0.25, -0.2) is 0 Å². The van der Waals surface area contributed by atoms with Gasteiger partial charge in [0.15, 0.2) is 0 Å². The van der Waals surface area contributed by atoms with E-state index < -0.39 is 11.7 Å². The Morgan fingerprint density at radius 1 is 1.15 bits per heavy atom. The highest BCUT2D eigenvalue weighted by atomic mass is 19.4. The zero-order valence-electron chi connectivity index (χ0n) is 12.2. The lowest BCUT2D eigenvalue weighted by Crippen LogP contribution is -2.33. The van der Waals surface area contributed by atoms with Crippen molar-refractivity contribution >= 4 is 5.69 Å². The molecule has 1 aliphatic rings. The maximum absolute atomic E-state index is 12.9. The molecule has 20 heavy (non-hydrogen) atoms. The number of benzene rings is 1. The highest BCUT2D eigenvalue weighted by Crippen LogP contribution is 2.35. The first-order valence-electron chi connectivity index (χ1n) is 7.21. The lowest BCUT2D eigenvalue weighted by atomic mass is 9.80. The molecule has 0 heterocycles. The topological polar surface area (TPSA) is 12.0 Å². The summed E-state index contributed by atoms with van der Waals surface area (Å²) in [4.78, 5) is 0. The van der Waals surface area contributed by atoms with Gasteiger partial charge in [0.05, 0.1) is 5.56 Å². The van der Waals surface area contributed by atoms with E-state index >= 15 is 0 Å². The summed E-state index contributed by atoms with van der Waals surface area (Å²) >= 11 is 0. The molecule has 3 unspecified atom stereocenters. The number of nitrogens with one attached hydrogen (secondary N) is 1. The maximum Gasteiger partial charge on any atom is 0.416 e. The molecule has 0 aromatic heterocycles. The smallest absolute Gasteiger partial charge is 0.382 e. The average molecular weight is 285 g/mol. The van der Waals surface area contributed by atoms with Crippen LogP contribution in [0.5, 0.6) is 0 Å². The quantitative estimate of drug-likeness (QED) is 0.782. The summed E-state index contributed by atoms with van der Waals surface area (Å²) in [6, 6.07) is 4.79. The number of aryl methyl sites for hydroxylation is 1. The number of rotatable bonds is 2. The zero-order chi connectivity index (χ0) is 14.9. The standard InChI is InChI=1S/C16H22F3N/c1-10-4-5-12(3)15(8-10)20-13-7-6-11(2)14(9-13)16(17,18)19/h6-7,9-10,12,15,20H,4-5,8H2,1-3H3. The van der Waals surface area contributed by atoms with Crippen molar-refractivity contribution in [1.29, 1.82) is 0 Å². The largest absolute Gasteiger partial charge is 0.416 e. The fourth-order valence-electron chi connectivity index (χ4n) is 2.96. The predicted octanol–water partition coefficient (Wildman–Crippen LogP) is 5.25. The van der Waals surface area contributed by atoms with E-state index in [4.69, 9.17) is 0 Å². The highest BCUT2D eigenvalue weighted by Gasteiger charge is 2.33. The van der Waals surface area contributed by atoms with Gasteiger partial charge in [0.25, 0.3) is 0 Å². The van der Waals surface area contributed by atoms with E-state index in [1.54, 1.807) is 12.1 Å². The molecule has 112 valence electrons. The van der Waals surface area contributed by atoms with E-state index in [-0.39, 0.29) is 11.6 Å². The Labute approximate surface area is 118 Å². The zero-order valence-corrected chi connectivity index (χ0v) is 12.2. The summed E-state index contributed by atoms with van der Waals surface area (Å²) in [5.41, 5.74) is 0.306. The van der Waals surface area contributed by atoms with Crippen molar-refractivity contribution in [2.45, 2.75) is 52.3 Å². The van der Waals surface area contributed by atoms with Crippen molar-refractivity contribution in [2.24, 2.45) is 11.8 Å². The van der Waals surface area contributed by atoms with Gasteiger partial charge in [0, 0.05) is 11.7 Å². The lowest BCUT2D eigenvalue weighted by molar-refractivity contribution is -0.138. The molecule has 0 amide bonds. The Morgan fingerprint density at radius 3 is 2.50 bits per heavy atom. The molecule has 0 saturated heterocycles. The molecule has 1 fully saturated rings. The average Bonchev–Trinajstić information content (AvgIpc) is 2.35. The van der Waals surface area contributed by atoms with Crippen LogP contribution in [0.2, 0.25) is 0 Å². The van der Waals surface area contributed by atoms with E-state index in [1.807, 2.05) is 0 Å². The Kier molecular flexibility index (Phi) is 4.31. The first-order valence-corrected chi connectivity index (χ1v) is 7.21. The van der Waals surface area contributed by atoms with Crippen molar-refractivity contribution in [3.63, 3.8) is 0 Å². The summed E-state index contributed by atoms with van der Waals surface area (Å²) in [5, 5.41) is 3.30. The van der Waals surface area contributed by atoms with E-state index in [0.29, 0.717) is 17.5 Å². The SMILES string of the molecule is Cc1ccc(NC2CC(C)CCC2C)cc1C(F)(F)F. The molecule has 1 N–H and O–H groups in total. The van der Waals surface area contributed by atoms with Crippen LogP contribution in [0, 0.1) is 18.8 Å². The molecule has 1 saturated carbocycles. The van der Waals surface area contributed by atoms with Gasteiger partial charge in [-0.2, -0.15) is 13.2 Å². The second-order valence-corrected chi connectivity index (χ2v) is 6.17. The summed E-state index contributed by atoms with van der Waals surface area (Å²) in [6.07, 6.45) is -0.915. The molecule has 0 spiro atoms. The minimum Gasteiger partial charge on any atom is -0.382 e. The van der Waals surface area contributed by atoms with Crippen molar-refractivity contribution in [3.05, 3.63) is 29.3 Å². The van der Waals surface area contributed by atoms with E-state index in [9.17, 15) is 13.2 Å². The van der Waals surface area contributed by atoms with Gasteiger partial charge >= 0.3 is 6.18 Å². The predicted molar refractivity (Wildman–Crippen MR) is 75.8 cm³/mol. The first kappa shape index (κ1) is 15.2. The van der Waals surface area contributed by atoms with Crippen LogP contribution in [0.3, 0.4) is 0 Å². The molecule has 2 rings (SSSR count). The van der Waals surface area contributed by atoms with Crippen molar-refractivity contribution in [2.75, 3.05) is 5.32 Å². The third-order valence-electron chi connectivity index (χ3n) is 4.35. The van der Waals surface area contributed by atoms with Gasteiger partial charge in [0.1, 0.15) is 0 Å². The fourth-order valence-corrected chi connectivity index (χ4v) is 2.96. The van der Waals surface area contributed by atoms with Gasteiger partial charge in [-0.05, 0) is 49.3 Å². The second-order valence-electron chi connectivity index (χ2n) is 6.17. The van der Waals surface area contributed by atoms with Crippen LogP contribution in [0.15, 0.2) is 18.2 Å². The van der Waals surface area contributed by atoms with Gasteiger partial charge < -0.3 is 5.32 Å². The van der Waals surface area contributed by atoms with Gasteiger partial charge in [0.2, 0.25) is 0 Å². The van der Waals surface area contributed by atoms with Gasteiger partial charge in [-0.15, -0.1) is 0 Å². The lowest BCUT2D eigenvalue weighted by Gasteiger charge is -2.34. The third-order valence-corrected chi connectivity index (χ3v) is 4.35. The molecular weight excluding hydrogens is 263 g/mol. The Bertz CT molecular complexity index is 467. The van der Waals surface area contributed by atoms with Gasteiger partial charge in [-0.1, -0.05) is 26.3 Å². The summed E-state index contributed by atoms with van der Waals surface area (Å²) in [5.74, 6) is 1.14. The number of hydrogen-bond donors (Lipinski definition) is 1. The molecule has 1 aliphatic carbocycles. The number of alkyl halides is 3. The van der Waals surface area contributed by atoms with Crippen LogP contribution < -0.4 is 5.32 Å². The van der Waals surface area contributed by atoms with E-state index in [0.717, 1.165) is 12.8 Å². The number of anilines is 1. The van der Waals surface area contributed by atoms with Crippen LogP contribution >= 0.6 is 0 Å².